The summed E-state index contributed by atoms with van der Waals surface area (Å²) >= 11 is 5.69. The molecule has 0 amide bonds. The minimum absolute atomic E-state index is 0.0470. The van der Waals surface area contributed by atoms with Crippen LogP contribution in [0.5, 0.6) is 0 Å². The van der Waals surface area contributed by atoms with Gasteiger partial charge in [0.1, 0.15) is 5.82 Å². The SMILES string of the molecule is CNC(CC(C)C(=O)O)c1ccc(F)c(Cl)c1. The smallest absolute Gasteiger partial charge is 0.306 e. The maximum absolute atomic E-state index is 13.0. The molecule has 2 atom stereocenters. The summed E-state index contributed by atoms with van der Waals surface area (Å²) in [5.41, 5.74) is 0.784. The van der Waals surface area contributed by atoms with Crippen molar-refractivity contribution in [3.05, 3.63) is 34.6 Å². The van der Waals surface area contributed by atoms with Gasteiger partial charge in [0.15, 0.2) is 0 Å². The third-order valence-corrected chi connectivity index (χ3v) is 2.99. The van der Waals surface area contributed by atoms with Gasteiger partial charge in [0.05, 0.1) is 10.9 Å². The van der Waals surface area contributed by atoms with E-state index in [0.717, 1.165) is 5.56 Å². The molecule has 0 aliphatic rings. The molecule has 0 aliphatic heterocycles. The second kappa shape index (κ2) is 5.98. The predicted octanol–water partition coefficient (Wildman–Crippen LogP) is 2.85. The van der Waals surface area contributed by atoms with E-state index in [1.54, 1.807) is 20.0 Å². The summed E-state index contributed by atoms with van der Waals surface area (Å²) in [5, 5.41) is 11.9. The fourth-order valence-electron chi connectivity index (χ4n) is 1.60. The van der Waals surface area contributed by atoms with Crippen LogP contribution in [0.25, 0.3) is 0 Å². The summed E-state index contributed by atoms with van der Waals surface area (Å²) in [5.74, 6) is -1.80. The largest absolute Gasteiger partial charge is 0.481 e. The number of rotatable bonds is 5. The van der Waals surface area contributed by atoms with Crippen LogP contribution in [0.2, 0.25) is 5.02 Å². The zero-order valence-corrected chi connectivity index (χ0v) is 10.5. The van der Waals surface area contributed by atoms with Gasteiger partial charge in [0.2, 0.25) is 0 Å². The normalized spacial score (nSPS) is 14.4. The van der Waals surface area contributed by atoms with E-state index < -0.39 is 17.7 Å². The summed E-state index contributed by atoms with van der Waals surface area (Å²) in [4.78, 5) is 10.8. The molecule has 0 spiro atoms. The molecule has 17 heavy (non-hydrogen) atoms. The lowest BCUT2D eigenvalue weighted by Gasteiger charge is -2.19. The van der Waals surface area contributed by atoms with E-state index in [0.29, 0.717) is 6.42 Å². The molecule has 0 fully saturated rings. The van der Waals surface area contributed by atoms with Crippen LogP contribution in [0.15, 0.2) is 18.2 Å². The molecule has 0 bridgehead atoms. The van der Waals surface area contributed by atoms with E-state index in [1.807, 2.05) is 0 Å². The zero-order valence-electron chi connectivity index (χ0n) is 9.71. The highest BCUT2D eigenvalue weighted by molar-refractivity contribution is 6.30. The van der Waals surface area contributed by atoms with Gasteiger partial charge in [-0.15, -0.1) is 0 Å². The Kier molecular flexibility index (Phi) is 4.90. The van der Waals surface area contributed by atoms with Crippen molar-refractivity contribution in [1.29, 1.82) is 0 Å². The second-order valence-electron chi connectivity index (χ2n) is 3.99. The lowest BCUT2D eigenvalue weighted by Crippen LogP contribution is -2.22. The summed E-state index contributed by atoms with van der Waals surface area (Å²) in [7, 11) is 1.73. The number of carboxylic acids is 1. The maximum Gasteiger partial charge on any atom is 0.306 e. The first kappa shape index (κ1) is 13.9. The van der Waals surface area contributed by atoms with Gasteiger partial charge < -0.3 is 10.4 Å². The van der Waals surface area contributed by atoms with Crippen molar-refractivity contribution in [2.45, 2.75) is 19.4 Å². The first-order valence-corrected chi connectivity index (χ1v) is 5.68. The molecule has 0 saturated heterocycles. The molecule has 94 valence electrons. The first-order chi connectivity index (χ1) is 7.95. The van der Waals surface area contributed by atoms with Crippen molar-refractivity contribution in [3.8, 4) is 0 Å². The molecule has 5 heteroatoms. The molecule has 0 heterocycles. The van der Waals surface area contributed by atoms with Gasteiger partial charge in [0, 0.05) is 6.04 Å². The van der Waals surface area contributed by atoms with Crippen LogP contribution in [0.4, 0.5) is 4.39 Å². The van der Waals surface area contributed by atoms with Gasteiger partial charge in [0.25, 0.3) is 0 Å². The fourth-order valence-corrected chi connectivity index (χ4v) is 1.79. The molecular formula is C12H15ClFNO2. The van der Waals surface area contributed by atoms with E-state index in [9.17, 15) is 9.18 Å². The summed E-state index contributed by atoms with van der Waals surface area (Å²) in [6.45, 7) is 1.64. The monoisotopic (exact) mass is 259 g/mol. The summed E-state index contributed by atoms with van der Waals surface area (Å²) < 4.78 is 13.0. The molecule has 1 aromatic rings. The highest BCUT2D eigenvalue weighted by Crippen LogP contribution is 2.25. The van der Waals surface area contributed by atoms with Crippen LogP contribution in [0.3, 0.4) is 0 Å². The molecule has 1 rings (SSSR count). The number of aliphatic carboxylic acids is 1. The highest BCUT2D eigenvalue weighted by atomic mass is 35.5. The van der Waals surface area contributed by atoms with Gasteiger partial charge in [-0.25, -0.2) is 4.39 Å². The number of hydrogen-bond donors (Lipinski definition) is 2. The first-order valence-electron chi connectivity index (χ1n) is 5.30. The summed E-state index contributed by atoms with van der Waals surface area (Å²) in [6.07, 6.45) is 0.424. The Bertz CT molecular complexity index is 411. The van der Waals surface area contributed by atoms with Crippen LogP contribution in [-0.4, -0.2) is 18.1 Å². The quantitative estimate of drug-likeness (QED) is 0.855. The van der Waals surface area contributed by atoms with E-state index >= 15 is 0 Å². The van der Waals surface area contributed by atoms with E-state index in [1.165, 1.54) is 12.1 Å². The number of benzene rings is 1. The van der Waals surface area contributed by atoms with Gasteiger partial charge in [-0.05, 0) is 31.2 Å². The Morgan fingerprint density at radius 2 is 2.24 bits per heavy atom. The molecule has 1 aromatic carbocycles. The molecule has 3 nitrogen and oxygen atoms in total. The van der Waals surface area contributed by atoms with Crippen LogP contribution in [0, 0.1) is 11.7 Å². The van der Waals surface area contributed by atoms with E-state index in [2.05, 4.69) is 5.32 Å². The van der Waals surface area contributed by atoms with Crippen LogP contribution >= 0.6 is 11.6 Å². The fraction of sp³-hybridized carbons (Fsp3) is 0.417. The Balaban J connectivity index is 2.86. The van der Waals surface area contributed by atoms with Crippen molar-refractivity contribution in [1.82, 2.24) is 5.32 Å². The standard InChI is InChI=1S/C12H15ClFNO2/c1-7(12(16)17)5-11(15-2)8-3-4-10(14)9(13)6-8/h3-4,6-7,11,15H,5H2,1-2H3,(H,16,17). The van der Waals surface area contributed by atoms with E-state index in [-0.39, 0.29) is 11.1 Å². The second-order valence-corrected chi connectivity index (χ2v) is 4.40. The average Bonchev–Trinajstić information content (AvgIpc) is 2.29. The van der Waals surface area contributed by atoms with Crippen molar-refractivity contribution in [2.24, 2.45) is 5.92 Å². The van der Waals surface area contributed by atoms with Crippen LogP contribution < -0.4 is 5.32 Å². The maximum atomic E-state index is 13.0. The van der Waals surface area contributed by atoms with Gasteiger partial charge in [-0.1, -0.05) is 24.6 Å². The van der Waals surface area contributed by atoms with Crippen LogP contribution in [-0.2, 0) is 4.79 Å². The lowest BCUT2D eigenvalue weighted by atomic mass is 9.96. The lowest BCUT2D eigenvalue weighted by molar-refractivity contribution is -0.141. The number of carboxylic acid groups (broad SMARTS) is 1. The van der Waals surface area contributed by atoms with E-state index in [4.69, 9.17) is 16.7 Å². The van der Waals surface area contributed by atoms with Crippen molar-refractivity contribution in [3.63, 3.8) is 0 Å². The molecule has 0 aliphatic carbocycles. The Morgan fingerprint density at radius 1 is 1.59 bits per heavy atom. The van der Waals surface area contributed by atoms with Gasteiger partial charge in [-0.3, -0.25) is 4.79 Å². The average molecular weight is 260 g/mol. The molecule has 2 N–H and O–H groups in total. The molecule has 2 unspecified atom stereocenters. The molecule has 0 saturated carbocycles. The van der Waals surface area contributed by atoms with Crippen molar-refractivity contribution < 1.29 is 14.3 Å². The van der Waals surface area contributed by atoms with Crippen molar-refractivity contribution in [2.75, 3.05) is 7.05 Å². The number of hydrogen-bond acceptors (Lipinski definition) is 2. The Hall–Kier alpha value is -1.13. The van der Waals surface area contributed by atoms with Gasteiger partial charge >= 0.3 is 5.97 Å². The minimum atomic E-state index is -0.849. The third-order valence-electron chi connectivity index (χ3n) is 2.71. The third kappa shape index (κ3) is 3.68. The summed E-state index contributed by atoms with van der Waals surface area (Å²) in [6, 6.07) is 4.26. The Morgan fingerprint density at radius 3 is 2.71 bits per heavy atom. The topological polar surface area (TPSA) is 49.3 Å². The molecular weight excluding hydrogens is 245 g/mol. The number of carbonyl (C=O) groups is 1. The van der Waals surface area contributed by atoms with Crippen molar-refractivity contribution >= 4 is 17.6 Å². The van der Waals surface area contributed by atoms with Crippen LogP contribution in [0.1, 0.15) is 24.9 Å². The number of nitrogens with one attached hydrogen (secondary N) is 1. The zero-order chi connectivity index (χ0) is 13.0. The Labute approximate surface area is 105 Å². The molecule has 0 aromatic heterocycles. The molecule has 0 radical (unpaired) electrons. The highest BCUT2D eigenvalue weighted by Gasteiger charge is 2.19. The number of halogens is 2. The predicted molar refractivity (Wildman–Crippen MR) is 64.6 cm³/mol. The minimum Gasteiger partial charge on any atom is -0.481 e. The van der Waals surface area contributed by atoms with Gasteiger partial charge in [-0.2, -0.15) is 0 Å².